The summed E-state index contributed by atoms with van der Waals surface area (Å²) in [6.07, 6.45) is 0.899. The molecule has 8 heteroatoms. The highest BCUT2D eigenvalue weighted by molar-refractivity contribution is 7.89. The van der Waals surface area contributed by atoms with Crippen molar-refractivity contribution in [1.29, 1.82) is 0 Å². The highest BCUT2D eigenvalue weighted by Crippen LogP contribution is 2.19. The minimum atomic E-state index is -3.60. The Kier molecular flexibility index (Phi) is 7.87. The zero-order valence-corrected chi connectivity index (χ0v) is 15.1. The van der Waals surface area contributed by atoms with Crippen molar-refractivity contribution in [1.82, 2.24) is 4.31 Å². The predicted molar refractivity (Wildman–Crippen MR) is 91.0 cm³/mol. The molecule has 0 fully saturated rings. The summed E-state index contributed by atoms with van der Waals surface area (Å²) in [6, 6.07) is 5.99. The average molecular weight is 356 g/mol. The Morgan fingerprint density at radius 1 is 1.17 bits per heavy atom. The maximum atomic E-state index is 12.5. The van der Waals surface area contributed by atoms with Crippen LogP contribution in [0.5, 0.6) is 0 Å². The van der Waals surface area contributed by atoms with E-state index < -0.39 is 28.5 Å². The molecule has 0 saturated carbocycles. The Morgan fingerprint density at radius 3 is 2.42 bits per heavy atom. The van der Waals surface area contributed by atoms with Gasteiger partial charge in [-0.05, 0) is 24.6 Å². The van der Waals surface area contributed by atoms with Gasteiger partial charge in [-0.25, -0.2) is 8.42 Å². The van der Waals surface area contributed by atoms with Gasteiger partial charge in [0.2, 0.25) is 10.0 Å². The van der Waals surface area contributed by atoms with Gasteiger partial charge in [0.25, 0.3) is 5.91 Å². The van der Waals surface area contributed by atoms with Gasteiger partial charge < -0.3 is 10.1 Å². The fourth-order valence-electron chi connectivity index (χ4n) is 2.07. The molecule has 0 saturated heterocycles. The summed E-state index contributed by atoms with van der Waals surface area (Å²) in [5.41, 5.74) is 0.333. The van der Waals surface area contributed by atoms with Crippen LogP contribution in [0.3, 0.4) is 0 Å². The number of hydrogen-bond acceptors (Lipinski definition) is 5. The number of carbonyl (C=O) groups excluding carboxylic acids is 2. The molecule has 1 aromatic rings. The molecular weight excluding hydrogens is 332 g/mol. The minimum absolute atomic E-state index is 0.104. The Balaban J connectivity index is 2.79. The Labute approximate surface area is 143 Å². The number of nitrogens with one attached hydrogen (secondary N) is 1. The maximum absolute atomic E-state index is 12.5. The summed E-state index contributed by atoms with van der Waals surface area (Å²) < 4.78 is 31.1. The van der Waals surface area contributed by atoms with Crippen molar-refractivity contribution in [2.24, 2.45) is 0 Å². The molecule has 0 aliphatic rings. The lowest BCUT2D eigenvalue weighted by molar-refractivity contribution is -0.147. The number of rotatable bonds is 9. The van der Waals surface area contributed by atoms with Gasteiger partial charge in [0.05, 0.1) is 4.90 Å². The van der Waals surface area contributed by atoms with E-state index in [2.05, 4.69) is 5.32 Å². The molecule has 7 nitrogen and oxygen atoms in total. The van der Waals surface area contributed by atoms with Crippen LogP contribution in [0, 0.1) is 0 Å². The van der Waals surface area contributed by atoms with Crippen molar-refractivity contribution < 1.29 is 22.7 Å². The van der Waals surface area contributed by atoms with Crippen LogP contribution in [-0.4, -0.2) is 44.3 Å². The third-order valence-corrected chi connectivity index (χ3v) is 5.33. The Bertz CT molecular complexity index is 669. The molecule has 0 heterocycles. The topological polar surface area (TPSA) is 92.8 Å². The first-order chi connectivity index (χ1) is 11.3. The average Bonchev–Trinajstić information content (AvgIpc) is 2.54. The Morgan fingerprint density at radius 2 is 1.83 bits per heavy atom. The first-order valence-electron chi connectivity index (χ1n) is 7.90. The molecule has 24 heavy (non-hydrogen) atoms. The second-order valence-corrected chi connectivity index (χ2v) is 7.01. The Hall–Kier alpha value is -1.93. The van der Waals surface area contributed by atoms with Crippen LogP contribution < -0.4 is 5.32 Å². The molecule has 1 N–H and O–H groups in total. The standard InChI is InChI=1S/C16H24N2O5S/c1-4-8-16(20)23-12-15(19)17-13-9-7-10-14(11-13)24(21,22)18(5-2)6-3/h7,9-11H,4-6,8,12H2,1-3H3,(H,17,19). The van der Waals surface area contributed by atoms with E-state index >= 15 is 0 Å². The van der Waals surface area contributed by atoms with E-state index in [1.165, 1.54) is 16.4 Å². The molecule has 0 unspecified atom stereocenters. The van der Waals surface area contributed by atoms with Crippen LogP contribution in [0.15, 0.2) is 29.2 Å². The lowest BCUT2D eigenvalue weighted by atomic mass is 10.3. The monoisotopic (exact) mass is 356 g/mol. The molecule has 1 amide bonds. The van der Waals surface area contributed by atoms with E-state index in [0.29, 0.717) is 25.2 Å². The molecule has 1 aromatic carbocycles. The molecule has 0 radical (unpaired) electrons. The van der Waals surface area contributed by atoms with E-state index in [4.69, 9.17) is 4.74 Å². The SMILES string of the molecule is CCCC(=O)OCC(=O)Nc1cccc(S(=O)(=O)N(CC)CC)c1. The predicted octanol–water partition coefficient (Wildman–Crippen LogP) is 2.00. The summed E-state index contributed by atoms with van der Waals surface area (Å²) in [7, 11) is -3.60. The third-order valence-electron chi connectivity index (χ3n) is 3.28. The first-order valence-corrected chi connectivity index (χ1v) is 9.34. The van der Waals surface area contributed by atoms with Crippen LogP contribution in [0.25, 0.3) is 0 Å². The second kappa shape index (κ2) is 9.39. The van der Waals surface area contributed by atoms with E-state index in [0.717, 1.165) is 0 Å². The summed E-state index contributed by atoms with van der Waals surface area (Å²) >= 11 is 0. The van der Waals surface area contributed by atoms with Crippen molar-refractivity contribution in [3.05, 3.63) is 24.3 Å². The molecule has 0 aromatic heterocycles. The summed E-state index contributed by atoms with van der Waals surface area (Å²) in [5.74, 6) is -0.956. The van der Waals surface area contributed by atoms with Gasteiger partial charge >= 0.3 is 5.97 Å². The number of esters is 1. The number of amides is 1. The zero-order chi connectivity index (χ0) is 18.2. The number of anilines is 1. The van der Waals surface area contributed by atoms with Crippen molar-refractivity contribution in [3.8, 4) is 0 Å². The normalized spacial score (nSPS) is 11.3. The summed E-state index contributed by atoms with van der Waals surface area (Å²) in [6.45, 7) is 5.69. The van der Waals surface area contributed by atoms with Crippen LogP contribution >= 0.6 is 0 Å². The highest BCUT2D eigenvalue weighted by Gasteiger charge is 2.21. The van der Waals surface area contributed by atoms with Crippen LogP contribution in [0.4, 0.5) is 5.69 Å². The van der Waals surface area contributed by atoms with Crippen molar-refractivity contribution in [2.75, 3.05) is 25.0 Å². The smallest absolute Gasteiger partial charge is 0.306 e. The van der Waals surface area contributed by atoms with Crippen LogP contribution in [0.2, 0.25) is 0 Å². The minimum Gasteiger partial charge on any atom is -0.456 e. The van der Waals surface area contributed by atoms with Gasteiger partial charge in [0.15, 0.2) is 6.61 Å². The fraction of sp³-hybridized carbons (Fsp3) is 0.500. The van der Waals surface area contributed by atoms with Gasteiger partial charge in [0.1, 0.15) is 0 Å². The van der Waals surface area contributed by atoms with Crippen LogP contribution in [0.1, 0.15) is 33.6 Å². The molecule has 0 bridgehead atoms. The zero-order valence-electron chi connectivity index (χ0n) is 14.2. The number of hydrogen-bond donors (Lipinski definition) is 1. The van der Waals surface area contributed by atoms with Crippen molar-refractivity contribution in [2.45, 2.75) is 38.5 Å². The lowest BCUT2D eigenvalue weighted by Crippen LogP contribution is -2.30. The van der Waals surface area contributed by atoms with E-state index in [1.54, 1.807) is 26.0 Å². The molecule has 0 aliphatic heterocycles. The largest absolute Gasteiger partial charge is 0.456 e. The molecule has 0 atom stereocenters. The summed E-state index contributed by atoms with van der Waals surface area (Å²) in [4.78, 5) is 23.1. The number of ether oxygens (including phenoxy) is 1. The number of benzene rings is 1. The first kappa shape index (κ1) is 20.1. The fourth-order valence-corrected chi connectivity index (χ4v) is 3.57. The van der Waals surface area contributed by atoms with Gasteiger partial charge in [-0.2, -0.15) is 4.31 Å². The van der Waals surface area contributed by atoms with Gasteiger partial charge in [0, 0.05) is 25.2 Å². The molecule has 1 rings (SSSR count). The molecule has 0 aliphatic carbocycles. The molecule has 0 spiro atoms. The highest BCUT2D eigenvalue weighted by atomic mass is 32.2. The van der Waals surface area contributed by atoms with E-state index in [-0.39, 0.29) is 11.3 Å². The number of nitrogens with zero attached hydrogens (tertiary/aromatic N) is 1. The van der Waals surface area contributed by atoms with Crippen molar-refractivity contribution >= 4 is 27.6 Å². The molecule has 134 valence electrons. The maximum Gasteiger partial charge on any atom is 0.306 e. The second-order valence-electron chi connectivity index (χ2n) is 5.08. The number of carbonyl (C=O) groups is 2. The van der Waals surface area contributed by atoms with Crippen LogP contribution in [-0.2, 0) is 24.3 Å². The molecular formula is C16H24N2O5S. The number of sulfonamides is 1. The van der Waals surface area contributed by atoms with Gasteiger partial charge in [-0.3, -0.25) is 9.59 Å². The van der Waals surface area contributed by atoms with Crippen molar-refractivity contribution in [3.63, 3.8) is 0 Å². The van der Waals surface area contributed by atoms with Gasteiger partial charge in [-0.1, -0.05) is 26.8 Å². The third kappa shape index (κ3) is 5.61. The summed E-state index contributed by atoms with van der Waals surface area (Å²) in [5, 5.41) is 2.53. The lowest BCUT2D eigenvalue weighted by Gasteiger charge is -2.18. The van der Waals surface area contributed by atoms with E-state index in [1.807, 2.05) is 6.92 Å². The van der Waals surface area contributed by atoms with E-state index in [9.17, 15) is 18.0 Å². The van der Waals surface area contributed by atoms with Gasteiger partial charge in [-0.15, -0.1) is 0 Å². The quantitative estimate of drug-likeness (QED) is 0.683.